The fraction of sp³-hybridized carbons (Fsp3) is 0.174. The van der Waals surface area contributed by atoms with Gasteiger partial charge in [0, 0.05) is 36.5 Å². The van der Waals surface area contributed by atoms with E-state index in [2.05, 4.69) is 15.3 Å². The molecule has 0 unspecified atom stereocenters. The summed E-state index contributed by atoms with van der Waals surface area (Å²) in [6.45, 7) is 2.37. The molecule has 0 spiro atoms. The summed E-state index contributed by atoms with van der Waals surface area (Å²) in [4.78, 5) is 13.6. The number of anilines is 1. The second-order valence-electron chi connectivity index (χ2n) is 6.57. The quantitative estimate of drug-likeness (QED) is 0.491. The molecular formula is C23H21FN4O2. The van der Waals surface area contributed by atoms with Gasteiger partial charge in [-0.1, -0.05) is 0 Å². The third kappa shape index (κ3) is 3.74. The topological polar surface area (TPSA) is 69.2 Å². The summed E-state index contributed by atoms with van der Waals surface area (Å²) >= 11 is 0. The van der Waals surface area contributed by atoms with Crippen molar-refractivity contribution in [3.8, 4) is 34.0 Å². The van der Waals surface area contributed by atoms with Gasteiger partial charge >= 0.3 is 0 Å². The Kier molecular flexibility index (Phi) is 5.43. The van der Waals surface area contributed by atoms with Crippen LogP contribution < -0.4 is 14.8 Å². The van der Waals surface area contributed by atoms with E-state index in [0.29, 0.717) is 40.8 Å². The van der Waals surface area contributed by atoms with Gasteiger partial charge in [0.2, 0.25) is 0 Å². The smallest absolute Gasteiger partial charge is 0.163 e. The average Bonchev–Trinajstić information content (AvgIpc) is 2.78. The van der Waals surface area contributed by atoms with Gasteiger partial charge in [0.05, 0.1) is 13.7 Å². The minimum atomic E-state index is -0.376. The van der Waals surface area contributed by atoms with Gasteiger partial charge in [-0.25, -0.2) is 14.4 Å². The van der Waals surface area contributed by atoms with Crippen LogP contribution in [0.15, 0.2) is 54.9 Å². The maximum Gasteiger partial charge on any atom is 0.163 e. The van der Waals surface area contributed by atoms with E-state index >= 15 is 0 Å². The van der Waals surface area contributed by atoms with E-state index in [4.69, 9.17) is 14.5 Å². The van der Waals surface area contributed by atoms with Crippen LogP contribution in [0.2, 0.25) is 0 Å². The van der Waals surface area contributed by atoms with Crippen LogP contribution in [-0.2, 0) is 0 Å². The molecule has 0 bridgehead atoms. The fourth-order valence-corrected chi connectivity index (χ4v) is 3.29. The maximum absolute atomic E-state index is 14.1. The number of halogens is 1. The summed E-state index contributed by atoms with van der Waals surface area (Å²) in [5.41, 5.74) is 2.92. The number of nitrogens with one attached hydrogen (secondary N) is 1. The molecule has 2 aromatic heterocycles. The van der Waals surface area contributed by atoms with E-state index in [1.165, 1.54) is 19.2 Å². The van der Waals surface area contributed by atoms with E-state index in [0.717, 1.165) is 16.5 Å². The monoisotopic (exact) mass is 404 g/mol. The van der Waals surface area contributed by atoms with Gasteiger partial charge in [0.1, 0.15) is 28.7 Å². The highest BCUT2D eigenvalue weighted by molar-refractivity contribution is 5.97. The number of aromatic nitrogens is 3. The van der Waals surface area contributed by atoms with Crippen molar-refractivity contribution in [2.75, 3.05) is 26.1 Å². The van der Waals surface area contributed by atoms with Gasteiger partial charge in [0.25, 0.3) is 0 Å². The van der Waals surface area contributed by atoms with Crippen molar-refractivity contribution in [3.05, 3.63) is 60.7 Å². The molecule has 0 aliphatic heterocycles. The summed E-state index contributed by atoms with van der Waals surface area (Å²) in [5.74, 6) is 1.85. The lowest BCUT2D eigenvalue weighted by Crippen LogP contribution is -2.02. The van der Waals surface area contributed by atoms with E-state index < -0.39 is 0 Å². The van der Waals surface area contributed by atoms with Crippen molar-refractivity contribution in [2.45, 2.75) is 6.92 Å². The molecule has 30 heavy (non-hydrogen) atoms. The van der Waals surface area contributed by atoms with Crippen molar-refractivity contribution < 1.29 is 13.9 Å². The number of rotatable bonds is 6. The van der Waals surface area contributed by atoms with E-state index in [1.807, 2.05) is 31.2 Å². The van der Waals surface area contributed by atoms with E-state index in [9.17, 15) is 4.39 Å². The van der Waals surface area contributed by atoms with E-state index in [1.54, 1.807) is 25.5 Å². The van der Waals surface area contributed by atoms with Gasteiger partial charge in [-0.3, -0.25) is 4.98 Å². The summed E-state index contributed by atoms with van der Waals surface area (Å²) in [6.07, 6.45) is 3.42. The standard InChI is InChI=1S/C23H21FN4O2/c1-4-30-20-11-16(15-8-17(24)12-18(9-15)29-3)10-19-21(20)27-22(28-23(19)25-2)14-6-5-7-26-13-14/h5-13H,4H2,1-3H3,(H,25,27,28). The number of fused-ring (bicyclic) bond motifs is 1. The third-order valence-electron chi connectivity index (χ3n) is 4.66. The molecule has 0 saturated heterocycles. The van der Waals surface area contributed by atoms with Crippen LogP contribution in [0.25, 0.3) is 33.4 Å². The van der Waals surface area contributed by atoms with Gasteiger partial charge in [0.15, 0.2) is 5.82 Å². The van der Waals surface area contributed by atoms with Crippen LogP contribution in [0, 0.1) is 5.82 Å². The lowest BCUT2D eigenvalue weighted by molar-refractivity contribution is 0.344. The van der Waals surface area contributed by atoms with Crippen LogP contribution in [-0.4, -0.2) is 35.7 Å². The zero-order valence-electron chi connectivity index (χ0n) is 16.9. The normalized spacial score (nSPS) is 10.8. The molecule has 1 N–H and O–H groups in total. The average molecular weight is 404 g/mol. The largest absolute Gasteiger partial charge is 0.497 e. The predicted molar refractivity (Wildman–Crippen MR) is 115 cm³/mol. The number of hydrogen-bond acceptors (Lipinski definition) is 6. The van der Waals surface area contributed by atoms with Crippen LogP contribution in [0.1, 0.15) is 6.92 Å². The molecule has 152 valence electrons. The highest BCUT2D eigenvalue weighted by atomic mass is 19.1. The summed E-state index contributed by atoms with van der Waals surface area (Å²) in [5, 5.41) is 3.91. The molecule has 0 saturated carbocycles. The summed E-state index contributed by atoms with van der Waals surface area (Å²) < 4.78 is 25.2. The van der Waals surface area contributed by atoms with Gasteiger partial charge < -0.3 is 14.8 Å². The molecule has 0 radical (unpaired) electrons. The Morgan fingerprint density at radius 2 is 1.87 bits per heavy atom. The molecule has 6 nitrogen and oxygen atoms in total. The van der Waals surface area contributed by atoms with Gasteiger partial charge in [-0.15, -0.1) is 0 Å². The minimum Gasteiger partial charge on any atom is -0.497 e. The lowest BCUT2D eigenvalue weighted by Gasteiger charge is -2.14. The van der Waals surface area contributed by atoms with Gasteiger partial charge in [-0.2, -0.15) is 0 Å². The Morgan fingerprint density at radius 1 is 1.03 bits per heavy atom. The van der Waals surface area contributed by atoms with Crippen LogP contribution >= 0.6 is 0 Å². The van der Waals surface area contributed by atoms with Crippen molar-refractivity contribution in [2.24, 2.45) is 0 Å². The highest BCUT2D eigenvalue weighted by Crippen LogP contribution is 2.37. The molecule has 0 amide bonds. The first kappa shape index (κ1) is 19.6. The number of nitrogens with zero attached hydrogens (tertiary/aromatic N) is 3. The first-order chi connectivity index (χ1) is 14.6. The minimum absolute atomic E-state index is 0.376. The first-order valence-electron chi connectivity index (χ1n) is 9.54. The number of methoxy groups -OCH3 is 1. The number of ether oxygens (including phenoxy) is 2. The number of pyridine rings is 1. The lowest BCUT2D eigenvalue weighted by atomic mass is 10.0. The zero-order chi connectivity index (χ0) is 21.1. The molecular weight excluding hydrogens is 383 g/mol. The maximum atomic E-state index is 14.1. The SMILES string of the molecule is CCOc1cc(-c2cc(F)cc(OC)c2)cc2c(NC)nc(-c3cccnc3)nc12. The van der Waals surface area contributed by atoms with Gasteiger partial charge in [-0.05, 0) is 54.4 Å². The van der Waals surface area contributed by atoms with Crippen molar-refractivity contribution >= 4 is 16.7 Å². The number of benzene rings is 2. The summed E-state index contributed by atoms with van der Waals surface area (Å²) in [6, 6.07) is 12.1. The zero-order valence-corrected chi connectivity index (χ0v) is 16.9. The van der Waals surface area contributed by atoms with Crippen LogP contribution in [0.3, 0.4) is 0 Å². The second kappa shape index (κ2) is 8.32. The molecule has 4 rings (SSSR count). The Bertz CT molecular complexity index is 1200. The van der Waals surface area contributed by atoms with Crippen molar-refractivity contribution in [1.29, 1.82) is 0 Å². The molecule has 0 aliphatic carbocycles. The second-order valence-corrected chi connectivity index (χ2v) is 6.57. The molecule has 0 atom stereocenters. The molecule has 0 aliphatic rings. The third-order valence-corrected chi connectivity index (χ3v) is 4.66. The van der Waals surface area contributed by atoms with Crippen LogP contribution in [0.5, 0.6) is 11.5 Å². The Morgan fingerprint density at radius 3 is 2.57 bits per heavy atom. The highest BCUT2D eigenvalue weighted by Gasteiger charge is 2.16. The molecule has 2 aromatic carbocycles. The number of hydrogen-bond donors (Lipinski definition) is 1. The predicted octanol–water partition coefficient (Wildman–Crippen LogP) is 4.95. The van der Waals surface area contributed by atoms with Crippen LogP contribution in [0.4, 0.5) is 10.2 Å². The Hall–Kier alpha value is -3.74. The fourth-order valence-electron chi connectivity index (χ4n) is 3.29. The van der Waals surface area contributed by atoms with E-state index in [-0.39, 0.29) is 5.82 Å². The molecule has 4 aromatic rings. The molecule has 2 heterocycles. The Balaban J connectivity index is 1.97. The summed E-state index contributed by atoms with van der Waals surface area (Å²) in [7, 11) is 3.31. The first-order valence-corrected chi connectivity index (χ1v) is 9.54. The molecule has 7 heteroatoms. The van der Waals surface area contributed by atoms with Crippen molar-refractivity contribution in [1.82, 2.24) is 15.0 Å². The van der Waals surface area contributed by atoms with Crippen molar-refractivity contribution in [3.63, 3.8) is 0 Å². The molecule has 0 fully saturated rings. The Labute approximate surface area is 173 Å².